The monoisotopic (exact) mass is 262 g/mol. The van der Waals surface area contributed by atoms with Crippen molar-refractivity contribution in [3.8, 4) is 5.75 Å². The summed E-state index contributed by atoms with van der Waals surface area (Å²) in [6.45, 7) is 6.01. The molecule has 0 radical (unpaired) electrons. The van der Waals surface area contributed by atoms with E-state index in [-0.39, 0.29) is 17.9 Å². The Morgan fingerprint density at radius 2 is 1.78 bits per heavy atom. The minimum absolute atomic E-state index is 0.102. The van der Waals surface area contributed by atoms with E-state index in [1.807, 2.05) is 0 Å². The highest BCUT2D eigenvalue weighted by atomic mass is 19.4. The van der Waals surface area contributed by atoms with Crippen LogP contribution in [0.2, 0.25) is 0 Å². The van der Waals surface area contributed by atoms with Crippen molar-refractivity contribution in [2.45, 2.75) is 39.5 Å². The van der Waals surface area contributed by atoms with Crippen LogP contribution >= 0.6 is 0 Å². The average molecular weight is 262 g/mol. The SMILES string of the molecule is CCOc1c(C)cc(C)cc1C(C)(O)C(F)(F)F. The Morgan fingerprint density at radius 3 is 2.22 bits per heavy atom. The molecule has 1 rings (SSSR count). The fourth-order valence-corrected chi connectivity index (χ4v) is 1.80. The molecule has 1 unspecified atom stereocenters. The smallest absolute Gasteiger partial charge is 0.421 e. The average Bonchev–Trinajstić information content (AvgIpc) is 2.19. The maximum atomic E-state index is 12.9. The van der Waals surface area contributed by atoms with Crippen molar-refractivity contribution in [2.75, 3.05) is 6.61 Å². The van der Waals surface area contributed by atoms with E-state index in [4.69, 9.17) is 4.74 Å². The second-order valence-corrected chi connectivity index (χ2v) is 4.46. The molecule has 1 N–H and O–H groups in total. The molecule has 5 heteroatoms. The lowest BCUT2D eigenvalue weighted by molar-refractivity contribution is -0.259. The molecule has 0 saturated carbocycles. The van der Waals surface area contributed by atoms with Crippen molar-refractivity contribution in [2.24, 2.45) is 0 Å². The van der Waals surface area contributed by atoms with Gasteiger partial charge in [0.2, 0.25) is 0 Å². The highest BCUT2D eigenvalue weighted by molar-refractivity contribution is 5.47. The lowest BCUT2D eigenvalue weighted by Gasteiger charge is -2.29. The van der Waals surface area contributed by atoms with Gasteiger partial charge < -0.3 is 9.84 Å². The van der Waals surface area contributed by atoms with Gasteiger partial charge in [-0.05, 0) is 39.3 Å². The third kappa shape index (κ3) is 2.61. The summed E-state index contributed by atoms with van der Waals surface area (Å²) in [5.41, 5.74) is -1.94. The normalized spacial score (nSPS) is 15.3. The first-order valence-electron chi connectivity index (χ1n) is 5.65. The van der Waals surface area contributed by atoms with Crippen molar-refractivity contribution in [1.82, 2.24) is 0 Å². The van der Waals surface area contributed by atoms with E-state index in [0.717, 1.165) is 6.92 Å². The number of rotatable bonds is 3. The van der Waals surface area contributed by atoms with E-state index in [9.17, 15) is 18.3 Å². The molecule has 0 fully saturated rings. The highest BCUT2D eigenvalue weighted by Crippen LogP contribution is 2.43. The molecule has 18 heavy (non-hydrogen) atoms. The number of halogens is 3. The summed E-state index contributed by atoms with van der Waals surface area (Å²) in [7, 11) is 0. The summed E-state index contributed by atoms with van der Waals surface area (Å²) in [5, 5.41) is 9.77. The molecule has 0 aliphatic rings. The third-order valence-electron chi connectivity index (χ3n) is 2.78. The summed E-state index contributed by atoms with van der Waals surface area (Å²) in [6, 6.07) is 3.03. The standard InChI is InChI=1S/C13H17F3O2/c1-5-18-11-9(3)6-8(2)7-10(11)12(4,17)13(14,15)16/h6-7,17H,5H2,1-4H3. The Bertz CT molecular complexity index is 437. The summed E-state index contributed by atoms with van der Waals surface area (Å²) in [6.07, 6.45) is -4.75. The van der Waals surface area contributed by atoms with E-state index in [1.54, 1.807) is 26.8 Å². The molecular formula is C13H17F3O2. The molecule has 0 heterocycles. The minimum Gasteiger partial charge on any atom is -0.493 e. The summed E-state index contributed by atoms with van der Waals surface area (Å²) < 4.78 is 43.9. The number of hydrogen-bond acceptors (Lipinski definition) is 2. The largest absolute Gasteiger partial charge is 0.493 e. The molecule has 1 atom stereocenters. The lowest BCUT2D eigenvalue weighted by atomic mass is 9.91. The van der Waals surface area contributed by atoms with Crippen molar-refractivity contribution in [3.63, 3.8) is 0 Å². The van der Waals surface area contributed by atoms with Crippen LogP contribution in [0.15, 0.2) is 12.1 Å². The summed E-state index contributed by atoms with van der Waals surface area (Å²) >= 11 is 0. The number of benzene rings is 1. The van der Waals surface area contributed by atoms with Gasteiger partial charge in [-0.3, -0.25) is 0 Å². The predicted octanol–water partition coefficient (Wildman–Crippen LogP) is 3.47. The van der Waals surface area contributed by atoms with Gasteiger partial charge in [-0.25, -0.2) is 0 Å². The Hall–Kier alpha value is -1.23. The molecular weight excluding hydrogens is 245 g/mol. The van der Waals surface area contributed by atoms with Crippen LogP contribution in [0.4, 0.5) is 13.2 Å². The zero-order valence-corrected chi connectivity index (χ0v) is 10.9. The first-order chi connectivity index (χ1) is 8.11. The molecule has 1 aromatic carbocycles. The fraction of sp³-hybridized carbons (Fsp3) is 0.538. The van der Waals surface area contributed by atoms with E-state index < -0.39 is 11.8 Å². The molecule has 0 bridgehead atoms. The third-order valence-corrected chi connectivity index (χ3v) is 2.78. The van der Waals surface area contributed by atoms with E-state index in [0.29, 0.717) is 11.1 Å². The maximum absolute atomic E-state index is 12.9. The van der Waals surface area contributed by atoms with Crippen LogP contribution in [0.25, 0.3) is 0 Å². The fourth-order valence-electron chi connectivity index (χ4n) is 1.80. The van der Waals surface area contributed by atoms with Gasteiger partial charge in [-0.2, -0.15) is 13.2 Å². The maximum Gasteiger partial charge on any atom is 0.421 e. The molecule has 0 aliphatic carbocycles. The molecule has 1 aromatic rings. The topological polar surface area (TPSA) is 29.5 Å². The Kier molecular flexibility index (Phi) is 3.96. The van der Waals surface area contributed by atoms with Gasteiger partial charge in [0.25, 0.3) is 0 Å². The zero-order chi connectivity index (χ0) is 14.1. The Balaban J connectivity index is 3.47. The highest BCUT2D eigenvalue weighted by Gasteiger charge is 2.52. The summed E-state index contributed by atoms with van der Waals surface area (Å²) in [5.74, 6) is 0.102. The van der Waals surface area contributed by atoms with Crippen LogP contribution in [0.1, 0.15) is 30.5 Å². The Morgan fingerprint density at radius 1 is 1.22 bits per heavy atom. The quantitative estimate of drug-likeness (QED) is 0.903. The summed E-state index contributed by atoms with van der Waals surface area (Å²) in [4.78, 5) is 0. The van der Waals surface area contributed by atoms with E-state index >= 15 is 0 Å². The van der Waals surface area contributed by atoms with Crippen LogP contribution in [-0.2, 0) is 5.60 Å². The number of alkyl halides is 3. The van der Waals surface area contributed by atoms with Crippen LogP contribution in [0.5, 0.6) is 5.75 Å². The second kappa shape index (κ2) is 4.80. The van der Waals surface area contributed by atoms with Crippen LogP contribution in [0, 0.1) is 13.8 Å². The van der Waals surface area contributed by atoms with E-state index in [2.05, 4.69) is 0 Å². The van der Waals surface area contributed by atoms with Crippen molar-refractivity contribution in [3.05, 3.63) is 28.8 Å². The van der Waals surface area contributed by atoms with Gasteiger partial charge >= 0.3 is 6.18 Å². The van der Waals surface area contributed by atoms with Gasteiger partial charge in [-0.1, -0.05) is 11.6 Å². The van der Waals surface area contributed by atoms with Gasteiger partial charge in [0, 0.05) is 5.56 Å². The predicted molar refractivity (Wildman–Crippen MR) is 62.7 cm³/mol. The van der Waals surface area contributed by atoms with Crippen LogP contribution < -0.4 is 4.74 Å². The van der Waals surface area contributed by atoms with Gasteiger partial charge in [0.05, 0.1) is 6.61 Å². The second-order valence-electron chi connectivity index (χ2n) is 4.46. The number of aliphatic hydroxyl groups is 1. The molecule has 0 spiro atoms. The molecule has 0 aliphatic heterocycles. The van der Waals surface area contributed by atoms with Gasteiger partial charge in [-0.15, -0.1) is 0 Å². The minimum atomic E-state index is -4.75. The molecule has 0 saturated heterocycles. The molecule has 0 aromatic heterocycles. The number of hydrogen-bond donors (Lipinski definition) is 1. The molecule has 102 valence electrons. The number of aryl methyl sites for hydroxylation is 2. The molecule has 2 nitrogen and oxygen atoms in total. The molecule has 0 amide bonds. The van der Waals surface area contributed by atoms with Crippen molar-refractivity contribution in [1.29, 1.82) is 0 Å². The van der Waals surface area contributed by atoms with Crippen molar-refractivity contribution < 1.29 is 23.0 Å². The van der Waals surface area contributed by atoms with Crippen LogP contribution in [-0.4, -0.2) is 17.9 Å². The van der Waals surface area contributed by atoms with Gasteiger partial charge in [0.1, 0.15) is 5.75 Å². The van der Waals surface area contributed by atoms with Crippen LogP contribution in [0.3, 0.4) is 0 Å². The zero-order valence-electron chi connectivity index (χ0n) is 10.9. The number of ether oxygens (including phenoxy) is 1. The lowest BCUT2D eigenvalue weighted by Crippen LogP contribution is -2.39. The first kappa shape index (κ1) is 14.8. The van der Waals surface area contributed by atoms with Gasteiger partial charge in [0.15, 0.2) is 5.60 Å². The Labute approximate surface area is 104 Å². The van der Waals surface area contributed by atoms with Crippen molar-refractivity contribution >= 4 is 0 Å². The van der Waals surface area contributed by atoms with E-state index in [1.165, 1.54) is 6.07 Å². The first-order valence-corrected chi connectivity index (χ1v) is 5.65.